The molecular weight excluding hydrogens is 327 g/mol. The van der Waals surface area contributed by atoms with Gasteiger partial charge >= 0.3 is 0 Å². The molecule has 0 aliphatic rings. The fourth-order valence-electron chi connectivity index (χ4n) is 2.28. The highest BCUT2D eigenvalue weighted by atomic mass is 35.5. The monoisotopic (exact) mass is 350 g/mol. The third kappa shape index (κ3) is 6.11. The summed E-state index contributed by atoms with van der Waals surface area (Å²) in [6.45, 7) is 3.01. The summed E-state index contributed by atoms with van der Waals surface area (Å²) in [5.74, 6) is 0.353. The molecule has 0 aromatic heterocycles. The highest BCUT2D eigenvalue weighted by molar-refractivity contribution is 6.31. The zero-order chi connectivity index (χ0) is 17.4. The summed E-state index contributed by atoms with van der Waals surface area (Å²) in [6, 6.07) is 12.4. The van der Waals surface area contributed by atoms with Crippen LogP contribution in [-0.4, -0.2) is 32.1 Å². The van der Waals surface area contributed by atoms with Gasteiger partial charge in [-0.1, -0.05) is 29.8 Å². The Morgan fingerprint density at radius 1 is 1.12 bits per heavy atom. The van der Waals surface area contributed by atoms with Crippen LogP contribution in [0.1, 0.15) is 17.5 Å². The van der Waals surface area contributed by atoms with E-state index >= 15 is 0 Å². The van der Waals surface area contributed by atoms with Crippen LogP contribution in [0.3, 0.4) is 0 Å². The molecule has 2 aromatic carbocycles. The molecule has 0 spiro atoms. The van der Waals surface area contributed by atoms with Crippen LogP contribution in [-0.2, 0) is 13.2 Å². The lowest BCUT2D eigenvalue weighted by atomic mass is 10.2. The molecule has 0 aliphatic heterocycles. The van der Waals surface area contributed by atoms with Crippen molar-refractivity contribution in [3.8, 4) is 5.75 Å². The van der Waals surface area contributed by atoms with Crippen LogP contribution in [0.4, 0.5) is 4.39 Å². The van der Waals surface area contributed by atoms with Crippen molar-refractivity contribution >= 4 is 11.6 Å². The number of hydrogen-bond acceptors (Lipinski definition) is 3. The molecule has 0 radical (unpaired) electrons. The van der Waals surface area contributed by atoms with Crippen molar-refractivity contribution in [2.24, 2.45) is 0 Å². The van der Waals surface area contributed by atoms with E-state index in [1.807, 2.05) is 24.3 Å². The molecule has 2 aromatic rings. The van der Waals surface area contributed by atoms with E-state index in [0.29, 0.717) is 16.3 Å². The van der Waals surface area contributed by atoms with Gasteiger partial charge in [0.1, 0.15) is 18.2 Å². The summed E-state index contributed by atoms with van der Waals surface area (Å²) in [6.07, 6.45) is 1.12. The number of nitrogens with zero attached hydrogens (tertiary/aromatic N) is 1. The van der Waals surface area contributed by atoms with Crippen molar-refractivity contribution < 1.29 is 9.13 Å². The zero-order valence-electron chi connectivity index (χ0n) is 14.2. The minimum Gasteiger partial charge on any atom is -0.489 e. The first-order valence-corrected chi connectivity index (χ1v) is 8.44. The largest absolute Gasteiger partial charge is 0.489 e. The Morgan fingerprint density at radius 2 is 1.88 bits per heavy atom. The summed E-state index contributed by atoms with van der Waals surface area (Å²) in [4.78, 5) is 2.18. The van der Waals surface area contributed by atoms with Crippen molar-refractivity contribution in [1.29, 1.82) is 0 Å². The third-order valence-electron chi connectivity index (χ3n) is 3.66. The molecule has 0 fully saturated rings. The lowest BCUT2D eigenvalue weighted by molar-refractivity contribution is 0.300. The highest BCUT2D eigenvalue weighted by Crippen LogP contribution is 2.21. The second kappa shape index (κ2) is 9.62. The first kappa shape index (κ1) is 18.7. The molecule has 130 valence electrons. The Hall–Kier alpha value is -1.62. The minimum atomic E-state index is -0.346. The summed E-state index contributed by atoms with van der Waals surface area (Å²) >= 11 is 5.99. The first-order valence-electron chi connectivity index (χ1n) is 8.06. The molecular formula is C19H24ClFN2O. The van der Waals surface area contributed by atoms with Gasteiger partial charge in [-0.3, -0.25) is 0 Å². The summed E-state index contributed by atoms with van der Waals surface area (Å²) in [5.41, 5.74) is 1.57. The van der Waals surface area contributed by atoms with E-state index in [-0.39, 0.29) is 12.4 Å². The summed E-state index contributed by atoms with van der Waals surface area (Å²) in [7, 11) is 4.15. The first-order chi connectivity index (χ1) is 11.6. The van der Waals surface area contributed by atoms with Crippen molar-refractivity contribution in [3.05, 3.63) is 64.4 Å². The van der Waals surface area contributed by atoms with Crippen molar-refractivity contribution in [1.82, 2.24) is 10.2 Å². The average Bonchev–Trinajstić information content (AvgIpc) is 2.55. The summed E-state index contributed by atoms with van der Waals surface area (Å²) in [5, 5.41) is 3.80. The number of hydrogen-bond donors (Lipinski definition) is 1. The number of ether oxygens (including phenoxy) is 1. The molecule has 0 saturated carbocycles. The lowest BCUT2D eigenvalue weighted by Crippen LogP contribution is -2.20. The van der Waals surface area contributed by atoms with Crippen LogP contribution in [0.2, 0.25) is 5.02 Å². The Labute approximate surface area is 148 Å². The molecule has 0 bridgehead atoms. The van der Waals surface area contributed by atoms with Crippen LogP contribution in [0.5, 0.6) is 5.75 Å². The van der Waals surface area contributed by atoms with E-state index in [0.717, 1.165) is 26.1 Å². The van der Waals surface area contributed by atoms with E-state index in [1.165, 1.54) is 11.6 Å². The van der Waals surface area contributed by atoms with Crippen LogP contribution >= 0.6 is 11.6 Å². The molecule has 0 aliphatic carbocycles. The Bertz CT molecular complexity index is 612. The van der Waals surface area contributed by atoms with Gasteiger partial charge in [-0.15, -0.1) is 0 Å². The molecule has 5 heteroatoms. The number of rotatable bonds is 9. The molecule has 0 atom stereocenters. The maximum atomic E-state index is 13.7. The number of benzene rings is 2. The smallest absolute Gasteiger partial charge is 0.131 e. The van der Waals surface area contributed by atoms with Crippen molar-refractivity contribution in [2.45, 2.75) is 19.6 Å². The van der Waals surface area contributed by atoms with E-state index in [1.54, 1.807) is 12.1 Å². The fourth-order valence-corrected chi connectivity index (χ4v) is 2.50. The van der Waals surface area contributed by atoms with Gasteiger partial charge < -0.3 is 15.0 Å². The van der Waals surface area contributed by atoms with Gasteiger partial charge in [0.05, 0.1) is 5.02 Å². The quantitative estimate of drug-likeness (QED) is 0.689. The second-order valence-corrected chi connectivity index (χ2v) is 6.37. The van der Waals surface area contributed by atoms with E-state index < -0.39 is 0 Å². The predicted molar refractivity (Wildman–Crippen MR) is 97.1 cm³/mol. The predicted octanol–water partition coefficient (Wildman–Crippen LogP) is 4.10. The molecule has 0 saturated heterocycles. The second-order valence-electron chi connectivity index (χ2n) is 5.97. The van der Waals surface area contributed by atoms with Crippen molar-refractivity contribution in [3.63, 3.8) is 0 Å². The number of halogens is 2. The number of nitrogens with one attached hydrogen (secondary N) is 1. The maximum Gasteiger partial charge on any atom is 0.131 e. The fraction of sp³-hybridized carbons (Fsp3) is 0.368. The molecule has 2 rings (SSSR count). The molecule has 0 heterocycles. The van der Waals surface area contributed by atoms with Crippen molar-refractivity contribution in [2.75, 3.05) is 27.2 Å². The molecule has 24 heavy (non-hydrogen) atoms. The van der Waals surface area contributed by atoms with Gasteiger partial charge in [-0.25, -0.2) is 4.39 Å². The van der Waals surface area contributed by atoms with Crippen LogP contribution in [0.15, 0.2) is 42.5 Å². The van der Waals surface area contributed by atoms with Gasteiger partial charge in [0, 0.05) is 12.1 Å². The Kier molecular flexibility index (Phi) is 7.50. The average molecular weight is 351 g/mol. The lowest BCUT2D eigenvalue weighted by Gasteiger charge is -2.11. The van der Waals surface area contributed by atoms with Gasteiger partial charge in [0.25, 0.3) is 0 Å². The highest BCUT2D eigenvalue weighted by Gasteiger charge is 2.07. The SMILES string of the molecule is CN(C)CCCNCc1ccc(OCc2c(F)cccc2Cl)cc1. The normalized spacial score (nSPS) is 11.0. The molecule has 0 amide bonds. The molecule has 1 N–H and O–H groups in total. The van der Waals surface area contributed by atoms with Crippen LogP contribution < -0.4 is 10.1 Å². The maximum absolute atomic E-state index is 13.7. The Morgan fingerprint density at radius 3 is 2.54 bits per heavy atom. The Balaban J connectivity index is 1.78. The standard InChI is InChI=1S/C19H24ClFN2O/c1-23(2)12-4-11-22-13-15-7-9-16(10-8-15)24-14-17-18(20)5-3-6-19(17)21/h3,5-10,22H,4,11-14H2,1-2H3. The van der Waals surface area contributed by atoms with Gasteiger partial charge in [0.15, 0.2) is 0 Å². The van der Waals surface area contributed by atoms with Gasteiger partial charge in [-0.05, 0) is 63.4 Å². The minimum absolute atomic E-state index is 0.119. The van der Waals surface area contributed by atoms with Gasteiger partial charge in [0.2, 0.25) is 0 Å². The van der Waals surface area contributed by atoms with Crippen LogP contribution in [0.25, 0.3) is 0 Å². The molecule has 3 nitrogen and oxygen atoms in total. The van der Waals surface area contributed by atoms with E-state index in [2.05, 4.69) is 24.3 Å². The van der Waals surface area contributed by atoms with E-state index in [9.17, 15) is 4.39 Å². The summed E-state index contributed by atoms with van der Waals surface area (Å²) < 4.78 is 19.3. The molecule has 0 unspecified atom stereocenters. The van der Waals surface area contributed by atoms with Crippen LogP contribution in [0, 0.1) is 5.82 Å². The van der Waals surface area contributed by atoms with E-state index in [4.69, 9.17) is 16.3 Å². The van der Waals surface area contributed by atoms with Gasteiger partial charge in [-0.2, -0.15) is 0 Å². The zero-order valence-corrected chi connectivity index (χ0v) is 14.9. The topological polar surface area (TPSA) is 24.5 Å². The third-order valence-corrected chi connectivity index (χ3v) is 4.01.